The molecule has 6 heterocycles. The van der Waals surface area contributed by atoms with Gasteiger partial charge in [-0.15, -0.1) is 32.9 Å². The minimum atomic E-state index is 0.0431. The number of nitrogens with one attached hydrogen (secondary N) is 1. The van der Waals surface area contributed by atoms with Crippen molar-refractivity contribution >= 4 is 56.3 Å². The molecule has 47 heavy (non-hydrogen) atoms. The Morgan fingerprint density at radius 1 is 0.745 bits per heavy atom. The zero-order valence-electron chi connectivity index (χ0n) is 25.4. The topological polar surface area (TPSA) is 122 Å². The highest BCUT2D eigenvalue weighted by Crippen LogP contribution is 2.28. The van der Waals surface area contributed by atoms with Crippen molar-refractivity contribution in [3.63, 3.8) is 0 Å². The van der Waals surface area contributed by atoms with Crippen LogP contribution in [0.2, 0.25) is 0 Å². The number of rotatable bonds is 8. The summed E-state index contributed by atoms with van der Waals surface area (Å²) < 4.78 is 3.70. The molecule has 6 aromatic heterocycles. The summed E-state index contributed by atoms with van der Waals surface area (Å²) in [7, 11) is 2.01. The molecule has 10 nitrogen and oxygen atoms in total. The van der Waals surface area contributed by atoms with Crippen molar-refractivity contribution in [2.24, 2.45) is 0 Å². The van der Waals surface area contributed by atoms with Gasteiger partial charge >= 0.3 is 0 Å². The molecule has 0 saturated heterocycles. The monoisotopic (exact) mass is 657 g/mol. The number of imidazole rings is 2. The molecule has 8 aromatic rings. The molecule has 4 N–H and O–H groups in total. The van der Waals surface area contributed by atoms with Gasteiger partial charge in [0.15, 0.2) is 17.1 Å². The van der Waals surface area contributed by atoms with E-state index in [0.717, 1.165) is 68.2 Å². The van der Waals surface area contributed by atoms with Gasteiger partial charge in [0.1, 0.15) is 5.82 Å². The number of hydrogen-bond donors (Lipinski definition) is 3. The number of aliphatic hydroxyl groups is 1. The number of aliphatic hydroxyl groups excluding tert-OH is 1. The van der Waals surface area contributed by atoms with Gasteiger partial charge in [-0.3, -0.25) is 0 Å². The number of nitrogens with zero attached hydrogens (tertiary/aromatic N) is 7. The van der Waals surface area contributed by atoms with Crippen molar-refractivity contribution in [2.75, 3.05) is 23.0 Å². The van der Waals surface area contributed by atoms with Gasteiger partial charge in [0.2, 0.25) is 0 Å². The van der Waals surface area contributed by atoms with Crippen molar-refractivity contribution in [1.29, 1.82) is 0 Å². The van der Waals surface area contributed by atoms with Crippen LogP contribution in [0.5, 0.6) is 0 Å². The van der Waals surface area contributed by atoms with E-state index in [1.165, 1.54) is 4.88 Å². The fraction of sp³-hybridized carbons (Fsp3) is 0.0857. The predicted octanol–water partition coefficient (Wildman–Crippen LogP) is 7.37. The molecule has 12 heteroatoms. The first-order valence-corrected chi connectivity index (χ1v) is 16.6. The summed E-state index contributed by atoms with van der Waals surface area (Å²) in [6, 6.07) is 31.6. The summed E-state index contributed by atoms with van der Waals surface area (Å²) >= 11 is 3.40. The molecule has 0 amide bonds. The first kappa shape index (κ1) is 30.1. The van der Waals surface area contributed by atoms with E-state index in [9.17, 15) is 5.11 Å². The lowest BCUT2D eigenvalue weighted by atomic mass is 10.1. The highest BCUT2D eigenvalue weighted by atomic mass is 32.1. The minimum Gasteiger partial charge on any atom is -0.399 e. The SMILES string of the molecule is CN(c1ccc2ncc(-c3ccc(CO)cc3)n2n1)c1cccs1.Nc1ccc(-c2cnc3ccc(NCc4cccs4)nn23)cc1. The molecule has 0 aliphatic carbocycles. The number of anilines is 4. The van der Waals surface area contributed by atoms with Crippen molar-refractivity contribution in [2.45, 2.75) is 13.2 Å². The summed E-state index contributed by atoms with van der Waals surface area (Å²) in [4.78, 5) is 12.2. The molecule has 2 aromatic carbocycles. The maximum Gasteiger partial charge on any atom is 0.154 e. The van der Waals surface area contributed by atoms with Crippen LogP contribution in [0.3, 0.4) is 0 Å². The number of benzene rings is 2. The summed E-state index contributed by atoms with van der Waals surface area (Å²) in [5.41, 5.74) is 12.9. The van der Waals surface area contributed by atoms with Gasteiger partial charge < -0.3 is 21.1 Å². The Kier molecular flexibility index (Phi) is 8.60. The summed E-state index contributed by atoms with van der Waals surface area (Å²) in [6.07, 6.45) is 3.65. The second-order valence-electron chi connectivity index (χ2n) is 10.7. The average molecular weight is 658 g/mol. The number of nitrogen functional groups attached to an aromatic ring is 1. The van der Waals surface area contributed by atoms with E-state index in [4.69, 9.17) is 10.8 Å². The lowest BCUT2D eigenvalue weighted by Crippen LogP contribution is -2.11. The van der Waals surface area contributed by atoms with Crippen molar-refractivity contribution in [1.82, 2.24) is 29.2 Å². The van der Waals surface area contributed by atoms with Crippen LogP contribution in [0.25, 0.3) is 33.8 Å². The average Bonchev–Trinajstić information content (AvgIpc) is 3.95. The van der Waals surface area contributed by atoms with Gasteiger partial charge in [0, 0.05) is 28.7 Å². The molecular formula is C35H31N9OS2. The van der Waals surface area contributed by atoms with E-state index in [-0.39, 0.29) is 6.61 Å². The number of fused-ring (bicyclic) bond motifs is 2. The first-order valence-electron chi connectivity index (χ1n) is 14.8. The van der Waals surface area contributed by atoms with Gasteiger partial charge in [-0.2, -0.15) is 0 Å². The van der Waals surface area contributed by atoms with Crippen LogP contribution in [0.1, 0.15) is 10.4 Å². The smallest absolute Gasteiger partial charge is 0.154 e. The summed E-state index contributed by atoms with van der Waals surface area (Å²) in [5.74, 6) is 1.68. The molecule has 234 valence electrons. The van der Waals surface area contributed by atoms with E-state index >= 15 is 0 Å². The van der Waals surface area contributed by atoms with Gasteiger partial charge in [-0.05, 0) is 70.9 Å². The van der Waals surface area contributed by atoms with E-state index in [2.05, 4.69) is 48.2 Å². The Balaban J connectivity index is 0.000000150. The van der Waals surface area contributed by atoms with Crippen LogP contribution in [0.4, 0.5) is 22.3 Å². The van der Waals surface area contributed by atoms with E-state index < -0.39 is 0 Å². The lowest BCUT2D eigenvalue weighted by molar-refractivity contribution is 0.282. The maximum absolute atomic E-state index is 9.18. The predicted molar refractivity (Wildman–Crippen MR) is 191 cm³/mol. The molecule has 0 bridgehead atoms. The van der Waals surface area contributed by atoms with Gasteiger partial charge in [0.05, 0.1) is 41.9 Å². The van der Waals surface area contributed by atoms with Crippen molar-refractivity contribution < 1.29 is 5.11 Å². The molecule has 0 unspecified atom stereocenters. The van der Waals surface area contributed by atoms with Crippen molar-refractivity contribution in [3.05, 3.63) is 131 Å². The third-order valence-electron chi connectivity index (χ3n) is 7.55. The fourth-order valence-electron chi connectivity index (χ4n) is 5.00. The normalized spacial score (nSPS) is 11.0. The maximum atomic E-state index is 9.18. The third-order valence-corrected chi connectivity index (χ3v) is 9.37. The van der Waals surface area contributed by atoms with E-state index in [1.54, 1.807) is 22.7 Å². The largest absolute Gasteiger partial charge is 0.399 e. The zero-order valence-corrected chi connectivity index (χ0v) is 27.1. The summed E-state index contributed by atoms with van der Waals surface area (Å²) in [6.45, 7) is 0.809. The number of aromatic nitrogens is 6. The second kappa shape index (κ2) is 13.4. The molecule has 0 fully saturated rings. The highest BCUT2D eigenvalue weighted by molar-refractivity contribution is 7.14. The van der Waals surface area contributed by atoms with Crippen LogP contribution < -0.4 is 16.0 Å². The fourth-order valence-corrected chi connectivity index (χ4v) is 6.35. The Morgan fingerprint density at radius 2 is 1.38 bits per heavy atom. The molecule has 8 rings (SSSR count). The quantitative estimate of drug-likeness (QED) is 0.145. The Morgan fingerprint density at radius 3 is 2.02 bits per heavy atom. The second-order valence-corrected chi connectivity index (χ2v) is 12.6. The van der Waals surface area contributed by atoms with E-state index in [1.807, 2.05) is 113 Å². The molecule has 0 aliphatic rings. The molecule has 0 aliphatic heterocycles. The highest BCUT2D eigenvalue weighted by Gasteiger charge is 2.12. The Bertz CT molecular complexity index is 2210. The van der Waals surface area contributed by atoms with Gasteiger partial charge in [0.25, 0.3) is 0 Å². The third kappa shape index (κ3) is 6.56. The van der Waals surface area contributed by atoms with E-state index in [0.29, 0.717) is 0 Å². The van der Waals surface area contributed by atoms with Crippen LogP contribution >= 0.6 is 22.7 Å². The number of nitrogens with two attached hydrogens (primary N) is 1. The number of thiophene rings is 2. The zero-order chi connectivity index (χ0) is 32.2. The van der Waals surface area contributed by atoms with Crippen LogP contribution in [-0.2, 0) is 13.2 Å². The minimum absolute atomic E-state index is 0.0431. The molecule has 0 spiro atoms. The van der Waals surface area contributed by atoms with Crippen LogP contribution in [0.15, 0.2) is 120 Å². The standard InChI is InChI=1S/C18H16N4OS.C17H15N5S/c1-21(18-3-2-10-24-18)17-9-8-16-19-11-15(22(16)20-17)14-6-4-13(12-23)5-7-14;18-13-5-3-12(4-6-13)15-11-20-17-8-7-16(21-22(15)17)19-10-14-2-1-9-23-14/h2-11,23H,12H2,1H3;1-9,11H,10,18H2,(H,19,21). The molecule has 0 atom stereocenters. The number of hydrogen-bond acceptors (Lipinski definition) is 10. The van der Waals surface area contributed by atoms with Crippen LogP contribution in [0, 0.1) is 0 Å². The molecule has 0 radical (unpaired) electrons. The van der Waals surface area contributed by atoms with Gasteiger partial charge in [-0.25, -0.2) is 19.0 Å². The lowest BCUT2D eigenvalue weighted by Gasteiger charge is -2.16. The first-order chi connectivity index (χ1) is 23.1. The molecular weight excluding hydrogens is 627 g/mol. The molecule has 0 saturated carbocycles. The summed E-state index contributed by atoms with van der Waals surface area (Å²) in [5, 5.41) is 27.2. The van der Waals surface area contributed by atoms with Gasteiger partial charge in [-0.1, -0.05) is 42.5 Å². The van der Waals surface area contributed by atoms with Crippen LogP contribution in [-0.4, -0.2) is 41.4 Å². The Labute approximate surface area is 279 Å². The van der Waals surface area contributed by atoms with Crippen molar-refractivity contribution in [3.8, 4) is 22.5 Å². The Hall–Kier alpha value is -5.56.